The highest BCUT2D eigenvalue weighted by atomic mass is 35.5. The fourth-order valence-corrected chi connectivity index (χ4v) is 1.39. The van der Waals surface area contributed by atoms with Crippen molar-refractivity contribution in [2.75, 3.05) is 11.9 Å². The molecule has 0 aliphatic carbocycles. The maximum absolute atomic E-state index is 12.6. The topological polar surface area (TPSA) is 12.0 Å². The standard InChI is InChI=1S/C11H11ClF3N/c1-2-3-6-16-10-5-4-8(12)7-9(10)11(13,14)15/h2,4-5,7,16H,1,3,6H2. The summed E-state index contributed by atoms with van der Waals surface area (Å²) < 4.78 is 37.9. The van der Waals surface area contributed by atoms with Gasteiger partial charge < -0.3 is 5.32 Å². The molecule has 1 rings (SSSR count). The molecule has 0 saturated carbocycles. The Morgan fingerprint density at radius 3 is 2.62 bits per heavy atom. The summed E-state index contributed by atoms with van der Waals surface area (Å²) in [4.78, 5) is 0. The highest BCUT2D eigenvalue weighted by Gasteiger charge is 2.33. The molecular formula is C11H11ClF3N. The van der Waals surface area contributed by atoms with Crippen LogP contribution in [-0.4, -0.2) is 6.54 Å². The fourth-order valence-electron chi connectivity index (χ4n) is 1.21. The molecule has 88 valence electrons. The molecular weight excluding hydrogens is 239 g/mol. The third-order valence-corrected chi connectivity index (χ3v) is 2.19. The number of benzene rings is 1. The molecule has 0 spiro atoms. The lowest BCUT2D eigenvalue weighted by Gasteiger charge is -2.14. The number of halogens is 4. The van der Waals surface area contributed by atoms with Crippen LogP contribution in [0.15, 0.2) is 30.9 Å². The Labute approximate surface area is 96.9 Å². The van der Waals surface area contributed by atoms with Gasteiger partial charge in [0.2, 0.25) is 0 Å². The van der Waals surface area contributed by atoms with Crippen LogP contribution in [0.5, 0.6) is 0 Å². The number of hydrogen-bond acceptors (Lipinski definition) is 1. The molecule has 0 aliphatic rings. The highest BCUT2D eigenvalue weighted by molar-refractivity contribution is 6.30. The largest absolute Gasteiger partial charge is 0.418 e. The summed E-state index contributed by atoms with van der Waals surface area (Å²) in [5.74, 6) is 0. The first-order valence-electron chi connectivity index (χ1n) is 4.66. The van der Waals surface area contributed by atoms with Crippen LogP contribution < -0.4 is 5.32 Å². The van der Waals surface area contributed by atoms with Crippen LogP contribution in [0.2, 0.25) is 5.02 Å². The van der Waals surface area contributed by atoms with Crippen molar-refractivity contribution in [1.29, 1.82) is 0 Å². The van der Waals surface area contributed by atoms with Crippen LogP contribution in [-0.2, 0) is 6.18 Å². The van der Waals surface area contributed by atoms with Crippen molar-refractivity contribution in [2.45, 2.75) is 12.6 Å². The molecule has 0 radical (unpaired) electrons. The summed E-state index contributed by atoms with van der Waals surface area (Å²) in [6, 6.07) is 3.67. The molecule has 16 heavy (non-hydrogen) atoms. The van der Waals surface area contributed by atoms with Gasteiger partial charge in [-0.15, -0.1) is 6.58 Å². The minimum absolute atomic E-state index is 0.0405. The lowest BCUT2D eigenvalue weighted by atomic mass is 10.1. The lowest BCUT2D eigenvalue weighted by molar-refractivity contribution is -0.136. The molecule has 1 nitrogen and oxygen atoms in total. The molecule has 5 heteroatoms. The molecule has 0 bridgehead atoms. The molecule has 0 atom stereocenters. The zero-order valence-corrected chi connectivity index (χ0v) is 9.20. The molecule has 0 saturated heterocycles. The van der Waals surface area contributed by atoms with E-state index in [1.165, 1.54) is 12.1 Å². The smallest absolute Gasteiger partial charge is 0.384 e. The summed E-state index contributed by atoms with van der Waals surface area (Å²) in [5, 5.41) is 2.77. The first-order valence-corrected chi connectivity index (χ1v) is 5.04. The first kappa shape index (κ1) is 12.9. The van der Waals surface area contributed by atoms with Crippen molar-refractivity contribution in [3.8, 4) is 0 Å². The highest BCUT2D eigenvalue weighted by Crippen LogP contribution is 2.36. The summed E-state index contributed by atoms with van der Waals surface area (Å²) in [6.07, 6.45) is -2.17. The summed E-state index contributed by atoms with van der Waals surface area (Å²) in [5.41, 5.74) is -0.706. The molecule has 0 fully saturated rings. The van der Waals surface area contributed by atoms with Gasteiger partial charge in [0.15, 0.2) is 0 Å². The van der Waals surface area contributed by atoms with Crippen LogP contribution in [0.4, 0.5) is 18.9 Å². The summed E-state index contributed by atoms with van der Waals surface area (Å²) in [6.45, 7) is 3.90. The van der Waals surface area contributed by atoms with Crippen molar-refractivity contribution in [3.63, 3.8) is 0 Å². The second kappa shape index (κ2) is 5.25. The van der Waals surface area contributed by atoms with Gasteiger partial charge in [-0.25, -0.2) is 0 Å². The Morgan fingerprint density at radius 2 is 2.06 bits per heavy atom. The second-order valence-electron chi connectivity index (χ2n) is 3.19. The third kappa shape index (κ3) is 3.45. The summed E-state index contributed by atoms with van der Waals surface area (Å²) >= 11 is 5.54. The van der Waals surface area contributed by atoms with Crippen LogP contribution in [0.25, 0.3) is 0 Å². The fraction of sp³-hybridized carbons (Fsp3) is 0.273. The molecule has 0 aromatic heterocycles. The molecule has 0 aliphatic heterocycles. The minimum atomic E-state index is -4.40. The van der Waals surface area contributed by atoms with E-state index < -0.39 is 11.7 Å². The second-order valence-corrected chi connectivity index (χ2v) is 3.63. The van der Waals surface area contributed by atoms with E-state index in [-0.39, 0.29) is 10.7 Å². The number of hydrogen-bond donors (Lipinski definition) is 1. The predicted molar refractivity (Wildman–Crippen MR) is 59.8 cm³/mol. The van der Waals surface area contributed by atoms with E-state index in [0.29, 0.717) is 13.0 Å². The maximum Gasteiger partial charge on any atom is 0.418 e. The Hall–Kier alpha value is -1.16. The minimum Gasteiger partial charge on any atom is -0.384 e. The van der Waals surface area contributed by atoms with E-state index in [0.717, 1.165) is 6.07 Å². The van der Waals surface area contributed by atoms with Gasteiger partial charge in [0.1, 0.15) is 0 Å². The molecule has 0 unspecified atom stereocenters. The zero-order chi connectivity index (χ0) is 12.2. The van der Waals surface area contributed by atoms with Crippen molar-refractivity contribution < 1.29 is 13.2 Å². The zero-order valence-electron chi connectivity index (χ0n) is 8.44. The van der Waals surface area contributed by atoms with Crippen molar-refractivity contribution >= 4 is 17.3 Å². The van der Waals surface area contributed by atoms with Gasteiger partial charge in [-0.2, -0.15) is 13.2 Å². The van der Waals surface area contributed by atoms with Gasteiger partial charge in [0, 0.05) is 17.3 Å². The average molecular weight is 250 g/mol. The van der Waals surface area contributed by atoms with Gasteiger partial charge in [-0.05, 0) is 24.6 Å². The Kier molecular flexibility index (Phi) is 4.24. The monoisotopic (exact) mass is 249 g/mol. The third-order valence-electron chi connectivity index (χ3n) is 1.95. The maximum atomic E-state index is 12.6. The van der Waals surface area contributed by atoms with Crippen LogP contribution in [0.3, 0.4) is 0 Å². The van der Waals surface area contributed by atoms with Crippen molar-refractivity contribution in [3.05, 3.63) is 41.4 Å². The molecule has 1 aromatic carbocycles. The van der Waals surface area contributed by atoms with Gasteiger partial charge in [0.05, 0.1) is 5.56 Å². The van der Waals surface area contributed by atoms with E-state index in [1.807, 2.05) is 0 Å². The number of anilines is 1. The first-order chi connectivity index (χ1) is 7.45. The lowest BCUT2D eigenvalue weighted by Crippen LogP contribution is -2.11. The number of alkyl halides is 3. The normalized spacial score (nSPS) is 11.2. The summed E-state index contributed by atoms with van der Waals surface area (Å²) in [7, 11) is 0. The molecule has 0 heterocycles. The van der Waals surface area contributed by atoms with Gasteiger partial charge in [0.25, 0.3) is 0 Å². The SMILES string of the molecule is C=CCCNc1ccc(Cl)cc1C(F)(F)F. The van der Waals surface area contributed by atoms with E-state index in [1.54, 1.807) is 6.08 Å². The van der Waals surface area contributed by atoms with E-state index in [2.05, 4.69) is 11.9 Å². The average Bonchev–Trinajstić information content (AvgIpc) is 2.19. The Balaban J connectivity index is 2.94. The van der Waals surface area contributed by atoms with Crippen LogP contribution >= 0.6 is 11.6 Å². The van der Waals surface area contributed by atoms with Gasteiger partial charge in [-0.3, -0.25) is 0 Å². The van der Waals surface area contributed by atoms with E-state index in [9.17, 15) is 13.2 Å². The van der Waals surface area contributed by atoms with Crippen LogP contribution in [0.1, 0.15) is 12.0 Å². The van der Waals surface area contributed by atoms with Crippen molar-refractivity contribution in [1.82, 2.24) is 0 Å². The van der Waals surface area contributed by atoms with Gasteiger partial charge >= 0.3 is 6.18 Å². The van der Waals surface area contributed by atoms with Crippen LogP contribution in [0, 0.1) is 0 Å². The molecule has 1 aromatic rings. The van der Waals surface area contributed by atoms with Crippen molar-refractivity contribution in [2.24, 2.45) is 0 Å². The predicted octanol–water partition coefficient (Wildman–Crippen LogP) is 4.35. The quantitative estimate of drug-likeness (QED) is 0.618. The molecule has 1 N–H and O–H groups in total. The van der Waals surface area contributed by atoms with E-state index >= 15 is 0 Å². The Bertz CT molecular complexity index is 374. The number of rotatable bonds is 4. The van der Waals surface area contributed by atoms with Gasteiger partial charge in [-0.1, -0.05) is 17.7 Å². The molecule has 0 amide bonds. The van der Waals surface area contributed by atoms with E-state index in [4.69, 9.17) is 11.6 Å². The Morgan fingerprint density at radius 1 is 1.38 bits per heavy atom. The number of nitrogens with one attached hydrogen (secondary N) is 1.